The number of methoxy groups -OCH3 is 1. The zero-order chi connectivity index (χ0) is 24.3. The van der Waals surface area contributed by atoms with E-state index in [1.165, 1.54) is 0 Å². The average Bonchev–Trinajstić information content (AvgIpc) is 2.59. The van der Waals surface area contributed by atoms with Gasteiger partial charge in [-0.3, -0.25) is 4.79 Å². The number of benzene rings is 2. The zero-order valence-corrected chi connectivity index (χ0v) is 9.32. The van der Waals surface area contributed by atoms with Gasteiger partial charge in [0, 0.05) is 18.9 Å². The maximum Gasteiger partial charge on any atom is 0.216 e. The normalized spacial score (nSPS) is 23.1. The Labute approximate surface area is 125 Å². The van der Waals surface area contributed by atoms with Crippen LogP contribution in [-0.4, -0.2) is 19.4 Å². The number of amides is 1. The first-order valence-corrected chi connectivity index (χ1v) is 4.86. The molecular formula is C15H17NO2. The second-order valence-electron chi connectivity index (χ2n) is 3.24. The molecule has 0 aliphatic carbocycles. The third kappa shape index (κ3) is 2.80. The zero-order valence-electron chi connectivity index (χ0n) is 22.3. The van der Waals surface area contributed by atoms with Gasteiger partial charge in [-0.15, -0.1) is 0 Å². The van der Waals surface area contributed by atoms with Gasteiger partial charge in [-0.1, -0.05) is 24.2 Å². The number of hydrogen-bond donors (Lipinski definition) is 1. The largest absolute Gasteiger partial charge is 0.497 e. The molecule has 2 rings (SSSR count). The van der Waals surface area contributed by atoms with Gasteiger partial charge >= 0.3 is 0 Å². The van der Waals surface area contributed by atoms with E-state index in [1.54, 1.807) is 5.32 Å². The molecule has 3 nitrogen and oxygen atoms in total. The number of carbonyl (C=O) groups is 1. The quantitative estimate of drug-likeness (QED) is 0.913. The molecule has 94 valence electrons. The third-order valence-corrected chi connectivity index (χ3v) is 1.94. The van der Waals surface area contributed by atoms with E-state index in [0.717, 1.165) is 6.92 Å². The van der Waals surface area contributed by atoms with E-state index >= 15 is 0 Å². The van der Waals surface area contributed by atoms with Gasteiger partial charge in [-0.05, 0) is 34.8 Å². The number of ether oxygens (including phenoxy) is 1. The molecule has 0 saturated carbocycles. The van der Waals surface area contributed by atoms with Crippen LogP contribution in [0.5, 0.6) is 5.75 Å². The van der Waals surface area contributed by atoms with Crippen LogP contribution in [0.2, 0.25) is 0 Å². The molecule has 0 aliphatic heterocycles. The highest BCUT2D eigenvalue weighted by molar-refractivity contribution is 5.87. The fraction of sp³-hybridized carbons (Fsp3) is 0.267. The van der Waals surface area contributed by atoms with Gasteiger partial charge in [0.15, 0.2) is 0 Å². The first kappa shape index (κ1) is 3.98. The Morgan fingerprint density at radius 3 is 3.17 bits per heavy atom. The van der Waals surface area contributed by atoms with Crippen molar-refractivity contribution in [2.75, 3.05) is 13.5 Å². The van der Waals surface area contributed by atoms with Crippen molar-refractivity contribution >= 4 is 16.7 Å². The Morgan fingerprint density at radius 1 is 1.50 bits per heavy atom. The maximum absolute atomic E-state index is 11.4. The van der Waals surface area contributed by atoms with Gasteiger partial charge in [0.25, 0.3) is 0 Å². The van der Waals surface area contributed by atoms with Crippen LogP contribution in [0.25, 0.3) is 10.8 Å². The van der Waals surface area contributed by atoms with Crippen LogP contribution in [0.15, 0.2) is 36.3 Å². The standard InChI is InChI=1S/C15H17NO2/c1-11(17)16-9-8-13-5-3-4-12-6-7-14(18-2)10-15(12)13/h3-7,10H,8-9H2,1-2H3,(H,16,17)/i2D3,3D,4D,5D,6D,7D,8D2,9D2,10D. The highest BCUT2D eigenvalue weighted by Crippen LogP contribution is 2.24. The molecule has 0 radical (unpaired) electrons. The van der Waals surface area contributed by atoms with Crippen molar-refractivity contribution in [3.05, 3.63) is 41.8 Å². The van der Waals surface area contributed by atoms with E-state index < -0.39 is 84.2 Å². The summed E-state index contributed by atoms with van der Waals surface area (Å²) in [6.07, 6.45) is -3.28. The number of fused-ring (bicyclic) bond motifs is 1. The predicted octanol–water partition coefficient (Wildman–Crippen LogP) is 2.53. The second-order valence-corrected chi connectivity index (χ2v) is 3.24. The summed E-state index contributed by atoms with van der Waals surface area (Å²) in [6, 6.07) is -5.43. The van der Waals surface area contributed by atoms with Crippen LogP contribution >= 0.6 is 0 Å². The number of carbonyl (C=O) groups excluding carboxylic acids is 1. The summed E-state index contributed by atoms with van der Waals surface area (Å²) >= 11 is 0. The lowest BCUT2D eigenvalue weighted by atomic mass is 10.0. The van der Waals surface area contributed by atoms with Crippen LogP contribution in [0.3, 0.4) is 0 Å². The highest BCUT2D eigenvalue weighted by atomic mass is 16.5. The second kappa shape index (κ2) is 5.54. The minimum atomic E-state index is -3.28. The van der Waals surface area contributed by atoms with Crippen molar-refractivity contribution in [1.29, 1.82) is 0 Å². The maximum atomic E-state index is 11.4. The number of hydrogen-bond acceptors (Lipinski definition) is 2. The Bertz CT molecular complexity index is 1080. The molecular weight excluding hydrogens is 226 g/mol. The van der Waals surface area contributed by atoms with Crippen LogP contribution in [0, 0.1) is 0 Å². The summed E-state index contributed by atoms with van der Waals surface area (Å²) in [4.78, 5) is 11.4. The fourth-order valence-corrected chi connectivity index (χ4v) is 1.22. The lowest BCUT2D eigenvalue weighted by Gasteiger charge is -2.08. The molecule has 1 N–H and O–H groups in total. The van der Waals surface area contributed by atoms with Crippen molar-refractivity contribution < 1.29 is 27.4 Å². The first-order valence-electron chi connectivity index (χ1n) is 11.4. The van der Waals surface area contributed by atoms with Crippen molar-refractivity contribution in [2.24, 2.45) is 0 Å². The van der Waals surface area contributed by atoms with E-state index in [9.17, 15) is 4.79 Å². The highest BCUT2D eigenvalue weighted by Gasteiger charge is 2.03. The van der Waals surface area contributed by atoms with E-state index in [-0.39, 0.29) is 0 Å². The van der Waals surface area contributed by atoms with Crippen molar-refractivity contribution in [1.82, 2.24) is 5.32 Å². The summed E-state index contributed by atoms with van der Waals surface area (Å²) in [5.74, 6) is -1.91. The summed E-state index contributed by atoms with van der Waals surface area (Å²) in [5.41, 5.74) is -0.962. The molecule has 0 fully saturated rings. The molecule has 0 spiro atoms. The molecule has 1 amide bonds. The van der Waals surface area contributed by atoms with E-state index in [1.807, 2.05) is 0 Å². The predicted molar refractivity (Wildman–Crippen MR) is 72.9 cm³/mol. The molecule has 0 atom stereocenters. The Morgan fingerprint density at radius 2 is 2.39 bits per heavy atom. The first-order chi connectivity index (χ1) is 13.8. The van der Waals surface area contributed by atoms with Gasteiger partial charge in [-0.2, -0.15) is 0 Å². The van der Waals surface area contributed by atoms with Crippen molar-refractivity contribution in [2.45, 2.75) is 13.3 Å². The summed E-state index contributed by atoms with van der Waals surface area (Å²) < 4.78 is 107. The Kier molecular flexibility index (Phi) is 1.23. The van der Waals surface area contributed by atoms with Crippen LogP contribution in [0.4, 0.5) is 0 Å². The van der Waals surface area contributed by atoms with Crippen LogP contribution < -0.4 is 10.1 Å². The minimum Gasteiger partial charge on any atom is -0.497 e. The van der Waals surface area contributed by atoms with Crippen LogP contribution in [0.1, 0.15) is 30.3 Å². The molecule has 0 saturated heterocycles. The van der Waals surface area contributed by atoms with E-state index in [0.29, 0.717) is 0 Å². The third-order valence-electron chi connectivity index (χ3n) is 1.94. The lowest BCUT2D eigenvalue weighted by molar-refractivity contribution is -0.118. The summed E-state index contributed by atoms with van der Waals surface area (Å²) in [5, 5.41) is 0.394. The number of rotatable bonds is 4. The monoisotopic (exact) mass is 256 g/mol. The van der Waals surface area contributed by atoms with Gasteiger partial charge in [0.1, 0.15) is 5.75 Å². The lowest BCUT2D eigenvalue weighted by Crippen LogP contribution is -2.22. The van der Waals surface area contributed by atoms with Gasteiger partial charge in [0.05, 0.1) is 19.4 Å². The van der Waals surface area contributed by atoms with Crippen LogP contribution in [-0.2, 0) is 11.2 Å². The average molecular weight is 256 g/mol. The molecule has 3 heteroatoms. The minimum absolute atomic E-state index is 0.619. The topological polar surface area (TPSA) is 38.3 Å². The SMILES string of the molecule is [2H]c1c([2H])c(C([2H])([2H])C([2H])([2H])NC(C)=O)c2c([2H])c(OC([2H])([2H])[2H])c([2H])c([2H])c2c1[2H]. The van der Waals surface area contributed by atoms with Crippen molar-refractivity contribution in [3.63, 3.8) is 0 Å². The van der Waals surface area contributed by atoms with E-state index in [2.05, 4.69) is 4.74 Å². The van der Waals surface area contributed by atoms with E-state index in [4.69, 9.17) is 17.8 Å². The number of aryl methyl sites for hydroxylation is 1. The molecule has 0 aromatic heterocycles. The molecule has 0 heterocycles. The molecule has 2 aromatic rings. The molecule has 0 aliphatic rings. The Balaban J connectivity index is 3.13. The summed E-state index contributed by atoms with van der Waals surface area (Å²) in [6.45, 7) is -2.25. The number of nitrogens with one attached hydrogen (secondary N) is 1. The van der Waals surface area contributed by atoms with Gasteiger partial charge in [0.2, 0.25) is 5.91 Å². The summed E-state index contributed by atoms with van der Waals surface area (Å²) in [7, 11) is -3.15. The fourth-order valence-electron chi connectivity index (χ4n) is 1.22. The van der Waals surface area contributed by atoms with Gasteiger partial charge in [-0.25, -0.2) is 0 Å². The van der Waals surface area contributed by atoms with Gasteiger partial charge < -0.3 is 10.1 Å². The molecule has 0 bridgehead atoms. The molecule has 0 unspecified atom stereocenters. The molecule has 18 heavy (non-hydrogen) atoms. The molecule has 2 aromatic carbocycles. The van der Waals surface area contributed by atoms with Crippen molar-refractivity contribution in [3.8, 4) is 5.75 Å². The Hall–Kier alpha value is -2.03. The smallest absolute Gasteiger partial charge is 0.216 e.